The standard InChI is InChI=1S/C16H15F2NO2/c1-10-2-3-12(8-14(10)18)16(21)19-9-15(20)11-4-6-13(17)7-5-11/h2-8,15,20H,9H2,1H3,(H,19,21). The second-order valence-corrected chi connectivity index (χ2v) is 4.74. The molecule has 2 aromatic rings. The van der Waals surface area contributed by atoms with Crippen molar-refractivity contribution >= 4 is 5.91 Å². The lowest BCUT2D eigenvalue weighted by atomic mass is 10.1. The minimum Gasteiger partial charge on any atom is -0.387 e. The summed E-state index contributed by atoms with van der Waals surface area (Å²) in [6.45, 7) is 1.56. The molecule has 3 nitrogen and oxygen atoms in total. The number of carbonyl (C=O) groups excluding carboxylic acids is 1. The minimum atomic E-state index is -0.954. The van der Waals surface area contributed by atoms with Gasteiger partial charge in [-0.2, -0.15) is 0 Å². The molecule has 2 N–H and O–H groups in total. The first kappa shape index (κ1) is 15.1. The van der Waals surface area contributed by atoms with E-state index in [4.69, 9.17) is 0 Å². The van der Waals surface area contributed by atoms with Crippen LogP contribution in [0.2, 0.25) is 0 Å². The lowest BCUT2D eigenvalue weighted by Crippen LogP contribution is -2.28. The van der Waals surface area contributed by atoms with Crippen LogP contribution in [0.25, 0.3) is 0 Å². The van der Waals surface area contributed by atoms with Crippen LogP contribution in [0.3, 0.4) is 0 Å². The van der Waals surface area contributed by atoms with Gasteiger partial charge in [0.1, 0.15) is 11.6 Å². The van der Waals surface area contributed by atoms with Gasteiger partial charge in [0, 0.05) is 12.1 Å². The Labute approximate surface area is 121 Å². The molecule has 0 saturated carbocycles. The van der Waals surface area contributed by atoms with E-state index in [1.807, 2.05) is 0 Å². The van der Waals surface area contributed by atoms with Gasteiger partial charge in [0.2, 0.25) is 0 Å². The van der Waals surface area contributed by atoms with Gasteiger partial charge in [-0.15, -0.1) is 0 Å². The van der Waals surface area contributed by atoms with Gasteiger partial charge >= 0.3 is 0 Å². The first-order valence-electron chi connectivity index (χ1n) is 6.45. The lowest BCUT2D eigenvalue weighted by molar-refractivity contribution is 0.0916. The summed E-state index contributed by atoms with van der Waals surface area (Å²) in [7, 11) is 0. The number of rotatable bonds is 4. The van der Waals surface area contributed by atoms with Crippen molar-refractivity contribution in [3.63, 3.8) is 0 Å². The molecule has 0 bridgehead atoms. The summed E-state index contributed by atoms with van der Waals surface area (Å²) in [4.78, 5) is 11.8. The number of aryl methyl sites for hydroxylation is 1. The van der Waals surface area contributed by atoms with E-state index >= 15 is 0 Å². The Hall–Kier alpha value is -2.27. The molecule has 0 aliphatic rings. The Balaban J connectivity index is 1.97. The summed E-state index contributed by atoms with van der Waals surface area (Å²) >= 11 is 0. The molecule has 0 aliphatic heterocycles. The van der Waals surface area contributed by atoms with Crippen LogP contribution in [-0.4, -0.2) is 17.6 Å². The molecule has 0 spiro atoms. The number of aliphatic hydroxyl groups excluding tert-OH is 1. The highest BCUT2D eigenvalue weighted by atomic mass is 19.1. The summed E-state index contributed by atoms with van der Waals surface area (Å²) in [6.07, 6.45) is -0.954. The maximum atomic E-state index is 13.4. The summed E-state index contributed by atoms with van der Waals surface area (Å²) < 4.78 is 26.1. The van der Waals surface area contributed by atoms with Crippen molar-refractivity contribution < 1.29 is 18.7 Å². The molecule has 110 valence electrons. The fourth-order valence-corrected chi connectivity index (χ4v) is 1.83. The molecule has 0 radical (unpaired) electrons. The Morgan fingerprint density at radius 1 is 1.19 bits per heavy atom. The highest BCUT2D eigenvalue weighted by molar-refractivity contribution is 5.94. The smallest absolute Gasteiger partial charge is 0.251 e. The van der Waals surface area contributed by atoms with Crippen LogP contribution >= 0.6 is 0 Å². The van der Waals surface area contributed by atoms with Gasteiger partial charge in [0.05, 0.1) is 6.10 Å². The monoisotopic (exact) mass is 291 g/mol. The second kappa shape index (κ2) is 6.45. The van der Waals surface area contributed by atoms with E-state index in [1.54, 1.807) is 6.92 Å². The van der Waals surface area contributed by atoms with E-state index < -0.39 is 23.6 Å². The molecule has 5 heteroatoms. The average Bonchev–Trinajstić information content (AvgIpc) is 2.48. The molecule has 1 unspecified atom stereocenters. The third kappa shape index (κ3) is 3.86. The van der Waals surface area contributed by atoms with Crippen LogP contribution in [0.15, 0.2) is 42.5 Å². The zero-order valence-electron chi connectivity index (χ0n) is 11.4. The van der Waals surface area contributed by atoms with Gasteiger partial charge in [0.15, 0.2) is 0 Å². The largest absolute Gasteiger partial charge is 0.387 e. The van der Waals surface area contributed by atoms with Crippen molar-refractivity contribution in [1.29, 1.82) is 0 Å². The normalized spacial score (nSPS) is 12.0. The number of aliphatic hydroxyl groups is 1. The first-order valence-corrected chi connectivity index (χ1v) is 6.45. The highest BCUT2D eigenvalue weighted by Gasteiger charge is 2.12. The number of hydrogen-bond donors (Lipinski definition) is 2. The molecule has 2 rings (SSSR count). The van der Waals surface area contributed by atoms with E-state index in [1.165, 1.54) is 36.4 Å². The third-order valence-electron chi connectivity index (χ3n) is 3.14. The predicted molar refractivity (Wildman–Crippen MR) is 74.8 cm³/mol. The van der Waals surface area contributed by atoms with Gasteiger partial charge in [-0.3, -0.25) is 4.79 Å². The quantitative estimate of drug-likeness (QED) is 0.910. The minimum absolute atomic E-state index is 0.0417. The van der Waals surface area contributed by atoms with Crippen LogP contribution < -0.4 is 5.32 Å². The molecule has 0 aromatic heterocycles. The maximum absolute atomic E-state index is 13.4. The molecular weight excluding hydrogens is 276 g/mol. The predicted octanol–water partition coefficient (Wildman–Crippen LogP) is 2.74. The summed E-state index contributed by atoms with van der Waals surface area (Å²) in [5.74, 6) is -1.33. The van der Waals surface area contributed by atoms with Gasteiger partial charge < -0.3 is 10.4 Å². The molecule has 21 heavy (non-hydrogen) atoms. The fraction of sp³-hybridized carbons (Fsp3) is 0.188. The van der Waals surface area contributed by atoms with Crippen LogP contribution in [-0.2, 0) is 0 Å². The number of amides is 1. The Kier molecular flexibility index (Phi) is 4.65. The van der Waals surface area contributed by atoms with E-state index in [0.29, 0.717) is 11.1 Å². The molecule has 0 fully saturated rings. The SMILES string of the molecule is Cc1ccc(C(=O)NCC(O)c2ccc(F)cc2)cc1F. The Morgan fingerprint density at radius 3 is 2.48 bits per heavy atom. The lowest BCUT2D eigenvalue weighted by Gasteiger charge is -2.12. The van der Waals surface area contributed by atoms with Crippen LogP contribution in [0, 0.1) is 18.6 Å². The molecule has 0 aliphatic carbocycles. The van der Waals surface area contributed by atoms with E-state index in [2.05, 4.69) is 5.32 Å². The van der Waals surface area contributed by atoms with Crippen LogP contribution in [0.5, 0.6) is 0 Å². The van der Waals surface area contributed by atoms with Gasteiger partial charge in [-0.25, -0.2) is 8.78 Å². The van der Waals surface area contributed by atoms with Crippen molar-refractivity contribution in [2.75, 3.05) is 6.54 Å². The van der Waals surface area contributed by atoms with Crippen molar-refractivity contribution in [1.82, 2.24) is 5.32 Å². The van der Waals surface area contributed by atoms with E-state index in [9.17, 15) is 18.7 Å². The van der Waals surface area contributed by atoms with Crippen molar-refractivity contribution in [2.45, 2.75) is 13.0 Å². The molecule has 1 atom stereocenters. The van der Waals surface area contributed by atoms with Crippen molar-refractivity contribution in [3.8, 4) is 0 Å². The second-order valence-electron chi connectivity index (χ2n) is 4.74. The van der Waals surface area contributed by atoms with Crippen molar-refractivity contribution in [3.05, 3.63) is 70.8 Å². The van der Waals surface area contributed by atoms with Crippen LogP contribution in [0.1, 0.15) is 27.6 Å². The van der Waals surface area contributed by atoms with Crippen molar-refractivity contribution in [2.24, 2.45) is 0 Å². The summed E-state index contributed by atoms with van der Waals surface area (Å²) in [6, 6.07) is 9.52. The summed E-state index contributed by atoms with van der Waals surface area (Å²) in [5.41, 5.74) is 1.13. The highest BCUT2D eigenvalue weighted by Crippen LogP contribution is 2.13. The third-order valence-corrected chi connectivity index (χ3v) is 3.14. The summed E-state index contributed by atoms with van der Waals surface area (Å²) in [5, 5.41) is 12.4. The van der Waals surface area contributed by atoms with Crippen LogP contribution in [0.4, 0.5) is 8.78 Å². The first-order chi connectivity index (χ1) is 9.97. The van der Waals surface area contributed by atoms with Gasteiger partial charge in [0.25, 0.3) is 5.91 Å². The average molecular weight is 291 g/mol. The van der Waals surface area contributed by atoms with E-state index in [-0.39, 0.29) is 12.1 Å². The molecular formula is C16H15F2NO2. The number of hydrogen-bond acceptors (Lipinski definition) is 2. The molecule has 0 saturated heterocycles. The fourth-order valence-electron chi connectivity index (χ4n) is 1.83. The number of halogens is 2. The maximum Gasteiger partial charge on any atom is 0.251 e. The molecule has 0 heterocycles. The number of carbonyl (C=O) groups is 1. The molecule has 2 aromatic carbocycles. The Bertz CT molecular complexity index is 641. The van der Waals surface area contributed by atoms with Gasteiger partial charge in [-0.05, 0) is 42.3 Å². The zero-order valence-corrected chi connectivity index (χ0v) is 11.4. The topological polar surface area (TPSA) is 49.3 Å². The number of nitrogens with one attached hydrogen (secondary N) is 1. The Morgan fingerprint density at radius 2 is 1.86 bits per heavy atom. The van der Waals surface area contributed by atoms with E-state index in [0.717, 1.165) is 6.07 Å². The zero-order chi connectivity index (χ0) is 15.4. The van der Waals surface area contributed by atoms with Gasteiger partial charge in [-0.1, -0.05) is 18.2 Å². The number of benzene rings is 2. The molecule has 1 amide bonds.